The molecule has 0 bridgehead atoms. The van der Waals surface area contributed by atoms with Crippen molar-refractivity contribution < 1.29 is 0 Å². The van der Waals surface area contributed by atoms with E-state index in [0.29, 0.717) is 12.4 Å². The van der Waals surface area contributed by atoms with E-state index < -0.39 is 5.92 Å². The molecule has 0 radical (unpaired) electrons. The van der Waals surface area contributed by atoms with E-state index in [1.54, 1.807) is 18.1 Å². The van der Waals surface area contributed by atoms with Crippen LogP contribution < -0.4 is 5.32 Å². The molecule has 0 saturated heterocycles. The van der Waals surface area contributed by atoms with Crippen LogP contribution in [0.2, 0.25) is 0 Å². The molecule has 108 valence electrons. The summed E-state index contributed by atoms with van der Waals surface area (Å²) in [5.41, 5.74) is 2.10. The minimum Gasteiger partial charge on any atom is -0.361 e. The molecule has 0 amide bonds. The number of imidazole rings is 1. The molecule has 1 rings (SSSR count). The van der Waals surface area contributed by atoms with Crippen molar-refractivity contribution in [3.8, 4) is 24.5 Å². The van der Waals surface area contributed by atoms with E-state index in [-0.39, 0.29) is 6.54 Å². The van der Waals surface area contributed by atoms with E-state index in [0.717, 1.165) is 22.9 Å². The summed E-state index contributed by atoms with van der Waals surface area (Å²) in [5.74, 6) is 3.41. The lowest BCUT2D eigenvalue weighted by atomic mass is 10.2. The summed E-state index contributed by atoms with van der Waals surface area (Å²) in [5, 5.41) is 20.6. The van der Waals surface area contributed by atoms with E-state index in [9.17, 15) is 0 Å². The van der Waals surface area contributed by atoms with Crippen LogP contribution >= 0.6 is 11.8 Å². The Balaban J connectivity index is 2.44. The lowest BCUT2D eigenvalue weighted by molar-refractivity contribution is 0.946. The van der Waals surface area contributed by atoms with Gasteiger partial charge >= 0.3 is 0 Å². The van der Waals surface area contributed by atoms with Gasteiger partial charge in [0, 0.05) is 17.2 Å². The number of hydrogen-bond acceptors (Lipinski definition) is 5. The Bertz CT molecular complexity index is 584. The molecular formula is C14H16N6S. The molecule has 0 aliphatic heterocycles. The summed E-state index contributed by atoms with van der Waals surface area (Å²) in [7, 11) is 0. The van der Waals surface area contributed by atoms with Gasteiger partial charge in [-0.1, -0.05) is 5.92 Å². The van der Waals surface area contributed by atoms with Crippen molar-refractivity contribution in [2.45, 2.75) is 12.7 Å². The third kappa shape index (κ3) is 5.60. The minimum absolute atomic E-state index is 0.248. The minimum atomic E-state index is -0.906. The van der Waals surface area contributed by atoms with E-state index in [4.69, 9.17) is 16.9 Å². The van der Waals surface area contributed by atoms with Gasteiger partial charge in [-0.3, -0.25) is 4.99 Å². The Labute approximate surface area is 128 Å². The van der Waals surface area contributed by atoms with Gasteiger partial charge in [0.05, 0.1) is 37.2 Å². The number of amidine groups is 1. The molecule has 21 heavy (non-hydrogen) atoms. The fourth-order valence-corrected chi connectivity index (χ4v) is 2.32. The Kier molecular flexibility index (Phi) is 7.50. The summed E-state index contributed by atoms with van der Waals surface area (Å²) in [4.78, 5) is 11.5. The molecule has 0 fully saturated rings. The summed E-state index contributed by atoms with van der Waals surface area (Å²) in [6, 6.07) is 3.78. The first-order valence-electron chi connectivity index (χ1n) is 6.30. The number of aliphatic imine (C=N–C) groups is 1. The van der Waals surface area contributed by atoms with Gasteiger partial charge in [0.1, 0.15) is 5.84 Å². The summed E-state index contributed by atoms with van der Waals surface area (Å²) >= 11 is 1.69. The molecule has 1 heterocycles. The lowest BCUT2D eigenvalue weighted by Gasteiger charge is -2.07. The molecule has 0 aliphatic rings. The van der Waals surface area contributed by atoms with Crippen LogP contribution in [-0.4, -0.2) is 34.6 Å². The Morgan fingerprint density at radius 1 is 1.57 bits per heavy atom. The number of nitrogens with zero attached hydrogens (tertiary/aromatic N) is 4. The van der Waals surface area contributed by atoms with Gasteiger partial charge in [0.25, 0.3) is 0 Å². The quantitative estimate of drug-likeness (QED) is 0.341. The smallest absolute Gasteiger partial charge is 0.189 e. The van der Waals surface area contributed by atoms with Crippen molar-refractivity contribution >= 4 is 17.6 Å². The maximum absolute atomic E-state index is 8.89. The molecular weight excluding hydrogens is 284 g/mol. The van der Waals surface area contributed by atoms with Crippen molar-refractivity contribution in [2.75, 3.05) is 18.8 Å². The van der Waals surface area contributed by atoms with Crippen LogP contribution in [0.5, 0.6) is 0 Å². The highest BCUT2D eigenvalue weighted by atomic mass is 32.2. The number of hydrogen-bond donors (Lipinski definition) is 2. The van der Waals surface area contributed by atoms with Crippen molar-refractivity contribution in [3.05, 3.63) is 17.7 Å². The molecule has 0 saturated carbocycles. The summed E-state index contributed by atoms with van der Waals surface area (Å²) in [6.07, 6.45) is 6.83. The molecule has 1 aromatic heterocycles. The Hall–Kier alpha value is -2.43. The third-order valence-corrected chi connectivity index (χ3v) is 3.54. The molecule has 0 atom stereocenters. The SMILES string of the molecule is C#CCNC(=NCCSCc1nc[nH]c1C)C(C#N)C#N. The largest absolute Gasteiger partial charge is 0.361 e. The van der Waals surface area contributed by atoms with Gasteiger partial charge in [0.2, 0.25) is 0 Å². The zero-order chi connectivity index (χ0) is 15.5. The monoisotopic (exact) mass is 300 g/mol. The van der Waals surface area contributed by atoms with Gasteiger partial charge in [-0.15, -0.1) is 6.42 Å². The number of H-pyrrole nitrogens is 1. The van der Waals surface area contributed by atoms with Gasteiger partial charge in [-0.2, -0.15) is 22.3 Å². The number of aryl methyl sites for hydroxylation is 1. The highest BCUT2D eigenvalue weighted by molar-refractivity contribution is 7.98. The molecule has 1 aromatic rings. The van der Waals surface area contributed by atoms with Gasteiger partial charge < -0.3 is 10.3 Å². The first-order valence-corrected chi connectivity index (χ1v) is 7.45. The zero-order valence-corrected chi connectivity index (χ0v) is 12.6. The van der Waals surface area contributed by atoms with Gasteiger partial charge in [-0.25, -0.2) is 4.98 Å². The number of nitrogens with one attached hydrogen (secondary N) is 2. The first kappa shape index (κ1) is 16.6. The van der Waals surface area contributed by atoms with Crippen molar-refractivity contribution in [1.29, 1.82) is 10.5 Å². The highest BCUT2D eigenvalue weighted by Gasteiger charge is 2.13. The van der Waals surface area contributed by atoms with Crippen LogP contribution in [-0.2, 0) is 5.75 Å². The van der Waals surface area contributed by atoms with Crippen LogP contribution in [0.3, 0.4) is 0 Å². The van der Waals surface area contributed by atoms with Gasteiger partial charge in [0.15, 0.2) is 5.92 Å². The highest BCUT2D eigenvalue weighted by Crippen LogP contribution is 2.12. The van der Waals surface area contributed by atoms with E-state index >= 15 is 0 Å². The number of terminal acetylenes is 1. The predicted molar refractivity (Wildman–Crippen MR) is 83.3 cm³/mol. The van der Waals surface area contributed by atoms with Crippen LogP contribution in [0, 0.1) is 47.8 Å². The zero-order valence-electron chi connectivity index (χ0n) is 11.8. The second-order valence-electron chi connectivity index (χ2n) is 4.04. The van der Waals surface area contributed by atoms with Gasteiger partial charge in [-0.05, 0) is 6.92 Å². The number of rotatable bonds is 7. The maximum atomic E-state index is 8.89. The lowest BCUT2D eigenvalue weighted by Crippen LogP contribution is -2.30. The fraction of sp³-hybridized carbons (Fsp3) is 0.429. The summed E-state index contributed by atoms with van der Waals surface area (Å²) in [6.45, 7) is 2.74. The second-order valence-corrected chi connectivity index (χ2v) is 5.15. The molecule has 0 aliphatic carbocycles. The molecule has 7 heteroatoms. The average molecular weight is 300 g/mol. The number of thioether (sulfide) groups is 1. The van der Waals surface area contributed by atoms with E-state index in [2.05, 4.69) is 26.2 Å². The summed E-state index contributed by atoms with van der Waals surface area (Å²) < 4.78 is 0. The topological polar surface area (TPSA) is 101 Å². The number of nitriles is 2. The van der Waals surface area contributed by atoms with Crippen LogP contribution in [0.4, 0.5) is 0 Å². The average Bonchev–Trinajstić information content (AvgIpc) is 2.90. The maximum Gasteiger partial charge on any atom is 0.189 e. The Morgan fingerprint density at radius 3 is 2.90 bits per heavy atom. The standard InChI is InChI=1S/C14H16N6S/c1-3-4-17-14(12(7-15)8-16)18-5-6-21-9-13-11(2)19-10-20-13/h1,10,12H,4-6,9H2,2H3,(H,17,18)(H,19,20). The van der Waals surface area contributed by atoms with E-state index in [1.165, 1.54) is 0 Å². The van der Waals surface area contributed by atoms with Crippen molar-refractivity contribution in [1.82, 2.24) is 15.3 Å². The Morgan fingerprint density at radius 2 is 2.33 bits per heavy atom. The molecule has 6 nitrogen and oxygen atoms in total. The second kappa shape index (κ2) is 9.47. The molecule has 0 spiro atoms. The van der Waals surface area contributed by atoms with Crippen LogP contribution in [0.25, 0.3) is 0 Å². The van der Waals surface area contributed by atoms with Crippen molar-refractivity contribution in [3.63, 3.8) is 0 Å². The molecule has 0 unspecified atom stereocenters. The third-order valence-electron chi connectivity index (χ3n) is 2.59. The van der Waals surface area contributed by atoms with E-state index in [1.807, 2.05) is 19.1 Å². The number of aromatic amines is 1. The first-order chi connectivity index (χ1) is 10.2. The normalized spacial score (nSPS) is 10.7. The predicted octanol–water partition coefficient (Wildman–Crippen LogP) is 1.24. The van der Waals surface area contributed by atoms with Crippen molar-refractivity contribution in [2.24, 2.45) is 10.9 Å². The van der Waals surface area contributed by atoms with Crippen LogP contribution in [0.15, 0.2) is 11.3 Å². The number of aromatic nitrogens is 2. The van der Waals surface area contributed by atoms with Crippen LogP contribution in [0.1, 0.15) is 11.4 Å². The molecule has 0 aromatic carbocycles. The molecule has 2 N–H and O–H groups in total. The fourth-order valence-electron chi connectivity index (χ4n) is 1.47.